The van der Waals surface area contributed by atoms with Gasteiger partial charge in [-0.15, -0.1) is 0 Å². The van der Waals surface area contributed by atoms with E-state index in [2.05, 4.69) is 41.7 Å². The van der Waals surface area contributed by atoms with E-state index in [0.29, 0.717) is 12.7 Å². The Hall–Kier alpha value is -0.810. The highest BCUT2D eigenvalue weighted by Crippen LogP contribution is 2.23. The van der Waals surface area contributed by atoms with E-state index < -0.39 is 10.0 Å². The van der Waals surface area contributed by atoms with Gasteiger partial charge >= 0.3 is 0 Å². The molecule has 0 aromatic rings. The third-order valence-electron chi connectivity index (χ3n) is 3.53. The smallest absolute Gasteiger partial charge is 0.210 e. The standard InChI is InChI=1S/C15H28N2O2S/c1-4-6-9-14-11-8-12-15(10-7-5-2)17(14)13-16-20(3,18)19/h8,11-12,14,16H,4-7,9-10,13H2,1-3H3. The van der Waals surface area contributed by atoms with E-state index >= 15 is 0 Å². The van der Waals surface area contributed by atoms with Crippen LogP contribution in [-0.2, 0) is 10.0 Å². The number of hydrogen-bond donors (Lipinski definition) is 1. The van der Waals surface area contributed by atoms with Crippen molar-refractivity contribution in [2.75, 3.05) is 12.9 Å². The lowest BCUT2D eigenvalue weighted by Crippen LogP contribution is -2.43. The van der Waals surface area contributed by atoms with Crippen LogP contribution in [0.1, 0.15) is 52.4 Å². The van der Waals surface area contributed by atoms with Crippen molar-refractivity contribution >= 4 is 10.0 Å². The molecule has 1 N–H and O–H groups in total. The summed E-state index contributed by atoms with van der Waals surface area (Å²) in [6.45, 7) is 4.72. The van der Waals surface area contributed by atoms with Crippen LogP contribution < -0.4 is 4.72 Å². The van der Waals surface area contributed by atoms with Crippen molar-refractivity contribution in [2.45, 2.75) is 58.4 Å². The highest BCUT2D eigenvalue weighted by Gasteiger charge is 2.21. The highest BCUT2D eigenvalue weighted by atomic mass is 32.2. The molecule has 0 aromatic heterocycles. The zero-order valence-corrected chi connectivity index (χ0v) is 13.7. The molecule has 5 heteroatoms. The molecule has 1 heterocycles. The third-order valence-corrected chi connectivity index (χ3v) is 4.18. The van der Waals surface area contributed by atoms with Crippen LogP contribution in [0.4, 0.5) is 0 Å². The maximum absolute atomic E-state index is 11.3. The average molecular weight is 300 g/mol. The van der Waals surface area contributed by atoms with E-state index in [4.69, 9.17) is 0 Å². The number of nitrogens with one attached hydrogen (secondary N) is 1. The van der Waals surface area contributed by atoms with Crippen LogP contribution in [0.25, 0.3) is 0 Å². The number of allylic oxidation sites excluding steroid dienone is 3. The number of rotatable bonds is 9. The van der Waals surface area contributed by atoms with Gasteiger partial charge in [0.2, 0.25) is 10.0 Å². The number of unbranched alkanes of at least 4 members (excludes halogenated alkanes) is 2. The van der Waals surface area contributed by atoms with Crippen molar-refractivity contribution < 1.29 is 8.42 Å². The van der Waals surface area contributed by atoms with E-state index in [1.54, 1.807) is 0 Å². The molecule has 0 aliphatic carbocycles. The summed E-state index contributed by atoms with van der Waals surface area (Å²) in [7, 11) is -3.15. The molecular weight excluding hydrogens is 272 g/mol. The first-order chi connectivity index (χ1) is 9.48. The van der Waals surface area contributed by atoms with Crippen molar-refractivity contribution in [3.8, 4) is 0 Å². The van der Waals surface area contributed by atoms with Gasteiger partial charge in [0.15, 0.2) is 0 Å². The van der Waals surface area contributed by atoms with Crippen LogP contribution in [0.3, 0.4) is 0 Å². The number of sulfonamides is 1. The second-order valence-corrected chi connectivity index (χ2v) is 7.23. The maximum Gasteiger partial charge on any atom is 0.210 e. The van der Waals surface area contributed by atoms with Crippen LogP contribution in [0, 0.1) is 0 Å². The Labute approximate surface area is 124 Å². The summed E-state index contributed by atoms with van der Waals surface area (Å²) < 4.78 is 25.3. The molecule has 1 aliphatic rings. The third kappa shape index (κ3) is 6.09. The summed E-state index contributed by atoms with van der Waals surface area (Å²) in [4.78, 5) is 2.20. The highest BCUT2D eigenvalue weighted by molar-refractivity contribution is 7.88. The molecule has 0 fully saturated rings. The van der Waals surface area contributed by atoms with Crippen molar-refractivity contribution in [2.24, 2.45) is 0 Å². The van der Waals surface area contributed by atoms with Crippen LogP contribution in [0.15, 0.2) is 23.9 Å². The number of nitrogens with zero attached hydrogens (tertiary/aromatic N) is 1. The largest absolute Gasteiger partial charge is 0.355 e. The average Bonchev–Trinajstić information content (AvgIpc) is 2.40. The molecule has 1 rings (SSSR count). The predicted molar refractivity (Wildman–Crippen MR) is 84.7 cm³/mol. The van der Waals surface area contributed by atoms with Crippen molar-refractivity contribution in [3.05, 3.63) is 23.9 Å². The SMILES string of the molecule is CCCCC1=CC=CC(CCCC)N1CNS(C)(=O)=O. The molecule has 0 aromatic carbocycles. The Morgan fingerprint density at radius 2 is 1.95 bits per heavy atom. The lowest BCUT2D eigenvalue weighted by atomic mass is 10.0. The van der Waals surface area contributed by atoms with Crippen molar-refractivity contribution in [1.82, 2.24) is 9.62 Å². The minimum absolute atomic E-state index is 0.307. The molecule has 0 saturated carbocycles. The Morgan fingerprint density at radius 3 is 2.55 bits per heavy atom. The van der Waals surface area contributed by atoms with E-state index in [0.717, 1.165) is 38.5 Å². The van der Waals surface area contributed by atoms with Crippen LogP contribution in [0.5, 0.6) is 0 Å². The fourth-order valence-corrected chi connectivity index (χ4v) is 2.74. The summed E-state index contributed by atoms with van der Waals surface area (Å²) in [6.07, 6.45) is 14.3. The van der Waals surface area contributed by atoms with Gasteiger partial charge in [0.1, 0.15) is 0 Å². The van der Waals surface area contributed by atoms with Gasteiger partial charge in [0.25, 0.3) is 0 Å². The minimum Gasteiger partial charge on any atom is -0.355 e. The molecule has 20 heavy (non-hydrogen) atoms. The van der Waals surface area contributed by atoms with Gasteiger partial charge < -0.3 is 4.90 Å². The molecule has 4 nitrogen and oxygen atoms in total. The van der Waals surface area contributed by atoms with E-state index in [1.165, 1.54) is 12.0 Å². The van der Waals surface area contributed by atoms with Gasteiger partial charge in [0, 0.05) is 11.7 Å². The normalized spacial score (nSPS) is 19.2. The van der Waals surface area contributed by atoms with Crippen LogP contribution in [-0.4, -0.2) is 32.3 Å². The van der Waals surface area contributed by atoms with Crippen LogP contribution in [0.2, 0.25) is 0 Å². The maximum atomic E-state index is 11.3. The molecular formula is C15H28N2O2S. The van der Waals surface area contributed by atoms with Gasteiger partial charge in [-0.1, -0.05) is 45.3 Å². The zero-order valence-electron chi connectivity index (χ0n) is 12.9. The molecule has 0 bridgehead atoms. The van der Waals surface area contributed by atoms with Crippen molar-refractivity contribution in [1.29, 1.82) is 0 Å². The Bertz CT molecular complexity index is 441. The Kier molecular flexibility index (Phi) is 7.30. The first-order valence-electron chi connectivity index (χ1n) is 7.56. The summed E-state index contributed by atoms with van der Waals surface area (Å²) in [5, 5.41) is 0. The summed E-state index contributed by atoms with van der Waals surface area (Å²) >= 11 is 0. The summed E-state index contributed by atoms with van der Waals surface area (Å²) in [5.74, 6) is 0. The van der Waals surface area contributed by atoms with Gasteiger partial charge in [-0.2, -0.15) is 4.72 Å². The van der Waals surface area contributed by atoms with Crippen LogP contribution >= 0.6 is 0 Å². The van der Waals surface area contributed by atoms with E-state index in [-0.39, 0.29) is 0 Å². The fraction of sp³-hybridized carbons (Fsp3) is 0.733. The molecule has 0 radical (unpaired) electrons. The second kappa shape index (κ2) is 8.47. The molecule has 1 aliphatic heterocycles. The van der Waals surface area contributed by atoms with Gasteiger partial charge in [-0.05, 0) is 25.3 Å². The summed E-state index contributed by atoms with van der Waals surface area (Å²) in [5.41, 5.74) is 1.24. The fourth-order valence-electron chi connectivity index (χ4n) is 2.36. The Balaban J connectivity index is 2.74. The monoisotopic (exact) mass is 300 g/mol. The predicted octanol–water partition coefficient (Wildman–Crippen LogP) is 3.00. The molecule has 116 valence electrons. The molecule has 1 atom stereocenters. The van der Waals surface area contributed by atoms with E-state index in [1.807, 2.05) is 0 Å². The van der Waals surface area contributed by atoms with Gasteiger partial charge in [0.05, 0.1) is 12.9 Å². The first-order valence-corrected chi connectivity index (χ1v) is 9.45. The van der Waals surface area contributed by atoms with Crippen molar-refractivity contribution in [3.63, 3.8) is 0 Å². The summed E-state index contributed by atoms with van der Waals surface area (Å²) in [6, 6.07) is 0.307. The molecule has 0 spiro atoms. The molecule has 0 saturated heterocycles. The lowest BCUT2D eigenvalue weighted by Gasteiger charge is -2.36. The van der Waals surface area contributed by atoms with Gasteiger partial charge in [-0.3, -0.25) is 0 Å². The van der Waals surface area contributed by atoms with Gasteiger partial charge in [-0.25, -0.2) is 8.42 Å². The molecule has 0 amide bonds. The number of hydrogen-bond acceptors (Lipinski definition) is 3. The molecule has 1 unspecified atom stereocenters. The quantitative estimate of drug-likeness (QED) is 0.712. The zero-order chi connectivity index (χ0) is 15.0. The minimum atomic E-state index is -3.15. The first kappa shape index (κ1) is 17.2. The van der Waals surface area contributed by atoms with E-state index in [9.17, 15) is 8.42 Å². The Morgan fingerprint density at radius 1 is 1.25 bits per heavy atom. The lowest BCUT2D eigenvalue weighted by molar-refractivity contribution is 0.258. The second-order valence-electron chi connectivity index (χ2n) is 5.40. The topological polar surface area (TPSA) is 49.4 Å².